The Hall–Kier alpha value is -1.56. The molecule has 0 nitrogen and oxygen atoms in total. The predicted octanol–water partition coefficient (Wildman–Crippen LogP) is 6.16. The molecular formula is C22H30. The summed E-state index contributed by atoms with van der Waals surface area (Å²) < 4.78 is 0. The van der Waals surface area contributed by atoms with Gasteiger partial charge in [-0.2, -0.15) is 0 Å². The summed E-state index contributed by atoms with van der Waals surface area (Å²) in [6.07, 6.45) is 3.56. The van der Waals surface area contributed by atoms with Crippen molar-refractivity contribution in [2.45, 2.75) is 47.0 Å². The van der Waals surface area contributed by atoms with Crippen molar-refractivity contribution in [3.8, 4) is 0 Å². The molecule has 0 spiro atoms. The summed E-state index contributed by atoms with van der Waals surface area (Å²) in [4.78, 5) is 0. The molecule has 2 aromatic carbocycles. The maximum absolute atomic E-state index is 2.44. The molecule has 0 bridgehead atoms. The second-order valence-electron chi connectivity index (χ2n) is 7.02. The van der Waals surface area contributed by atoms with Gasteiger partial charge in [0.1, 0.15) is 0 Å². The van der Waals surface area contributed by atoms with Crippen LogP contribution in [0.25, 0.3) is 0 Å². The second-order valence-corrected chi connectivity index (χ2v) is 7.02. The molecule has 118 valence electrons. The maximum Gasteiger partial charge on any atom is -0.0168 e. The van der Waals surface area contributed by atoms with Gasteiger partial charge in [-0.15, -0.1) is 0 Å². The van der Waals surface area contributed by atoms with Crippen LogP contribution in [0.15, 0.2) is 60.7 Å². The Kier molecular flexibility index (Phi) is 5.83. The maximum atomic E-state index is 2.44. The van der Waals surface area contributed by atoms with Crippen molar-refractivity contribution < 1.29 is 0 Å². The highest BCUT2D eigenvalue weighted by atomic mass is 14.4. The molecule has 2 aromatic rings. The summed E-state index contributed by atoms with van der Waals surface area (Å²) in [5.74, 6) is 1.36. The van der Waals surface area contributed by atoms with E-state index in [0.29, 0.717) is 17.3 Å². The van der Waals surface area contributed by atoms with Crippen LogP contribution in [0, 0.1) is 17.3 Å². The first-order valence-electron chi connectivity index (χ1n) is 8.66. The fraction of sp³-hybridized carbons (Fsp3) is 0.455. The molecule has 2 rings (SSSR count). The summed E-state index contributed by atoms with van der Waals surface area (Å²) in [5, 5.41) is 0. The number of benzene rings is 2. The van der Waals surface area contributed by atoms with Crippen LogP contribution >= 0.6 is 0 Å². The lowest BCUT2D eigenvalue weighted by Crippen LogP contribution is -2.38. The van der Waals surface area contributed by atoms with E-state index in [-0.39, 0.29) is 0 Å². The van der Waals surface area contributed by atoms with Crippen LogP contribution in [-0.2, 0) is 12.8 Å². The van der Waals surface area contributed by atoms with Crippen molar-refractivity contribution in [2.24, 2.45) is 17.3 Å². The fourth-order valence-electron chi connectivity index (χ4n) is 3.75. The topological polar surface area (TPSA) is 0 Å². The minimum Gasteiger partial charge on any atom is -0.0651 e. The molecule has 0 aliphatic heterocycles. The molecular weight excluding hydrogens is 264 g/mol. The van der Waals surface area contributed by atoms with Gasteiger partial charge >= 0.3 is 0 Å². The molecule has 0 saturated heterocycles. The fourth-order valence-corrected chi connectivity index (χ4v) is 3.75. The van der Waals surface area contributed by atoms with E-state index in [4.69, 9.17) is 0 Å². The van der Waals surface area contributed by atoms with E-state index in [2.05, 4.69) is 88.4 Å². The van der Waals surface area contributed by atoms with Crippen molar-refractivity contribution in [3.63, 3.8) is 0 Å². The van der Waals surface area contributed by atoms with Crippen molar-refractivity contribution in [2.75, 3.05) is 0 Å². The third kappa shape index (κ3) is 3.80. The molecule has 0 aromatic heterocycles. The van der Waals surface area contributed by atoms with Crippen LogP contribution in [0.1, 0.15) is 45.2 Å². The summed E-state index contributed by atoms with van der Waals surface area (Å²) in [7, 11) is 0. The average Bonchev–Trinajstić information content (AvgIpc) is 2.55. The van der Waals surface area contributed by atoms with E-state index in [1.807, 2.05) is 0 Å². The Morgan fingerprint density at radius 1 is 0.727 bits per heavy atom. The summed E-state index contributed by atoms with van der Waals surface area (Å²) >= 11 is 0. The first-order valence-corrected chi connectivity index (χ1v) is 8.66. The quantitative estimate of drug-likeness (QED) is 0.573. The molecule has 0 N–H and O–H groups in total. The molecule has 0 heteroatoms. The Morgan fingerprint density at radius 2 is 1.14 bits per heavy atom. The van der Waals surface area contributed by atoms with E-state index in [1.54, 1.807) is 0 Å². The van der Waals surface area contributed by atoms with Crippen LogP contribution in [0.4, 0.5) is 0 Å². The molecule has 0 radical (unpaired) electrons. The van der Waals surface area contributed by atoms with Gasteiger partial charge in [0.15, 0.2) is 0 Å². The van der Waals surface area contributed by atoms with Gasteiger partial charge in [0.25, 0.3) is 0 Å². The SMILES string of the molecule is CCC(C)C(Cc1ccccc1)(Cc1ccccc1)C(C)C. The van der Waals surface area contributed by atoms with Crippen molar-refractivity contribution in [1.82, 2.24) is 0 Å². The zero-order chi connectivity index (χ0) is 16.0. The third-order valence-corrected chi connectivity index (χ3v) is 5.50. The minimum atomic E-state index is 0.317. The van der Waals surface area contributed by atoms with Gasteiger partial charge in [0.2, 0.25) is 0 Å². The van der Waals surface area contributed by atoms with E-state index in [9.17, 15) is 0 Å². The van der Waals surface area contributed by atoms with Gasteiger partial charge in [-0.3, -0.25) is 0 Å². The Balaban J connectivity index is 2.37. The highest BCUT2D eigenvalue weighted by molar-refractivity contribution is 5.21. The minimum absolute atomic E-state index is 0.317. The largest absolute Gasteiger partial charge is 0.0651 e. The molecule has 0 fully saturated rings. The highest BCUT2D eigenvalue weighted by Gasteiger charge is 2.38. The predicted molar refractivity (Wildman–Crippen MR) is 97.0 cm³/mol. The molecule has 1 unspecified atom stereocenters. The van der Waals surface area contributed by atoms with Crippen LogP contribution in [0.5, 0.6) is 0 Å². The Bertz CT molecular complexity index is 497. The van der Waals surface area contributed by atoms with Gasteiger partial charge in [-0.25, -0.2) is 0 Å². The molecule has 0 heterocycles. The third-order valence-electron chi connectivity index (χ3n) is 5.50. The van der Waals surface area contributed by atoms with Gasteiger partial charge in [0, 0.05) is 0 Å². The van der Waals surface area contributed by atoms with E-state index < -0.39 is 0 Å². The molecule has 0 saturated carbocycles. The number of hydrogen-bond acceptors (Lipinski definition) is 0. The summed E-state index contributed by atoms with van der Waals surface area (Å²) in [6.45, 7) is 9.57. The number of hydrogen-bond donors (Lipinski definition) is 0. The van der Waals surface area contributed by atoms with Gasteiger partial charge in [-0.1, -0.05) is 94.8 Å². The van der Waals surface area contributed by atoms with Crippen LogP contribution in [0.2, 0.25) is 0 Å². The standard InChI is InChI=1S/C22H30/c1-5-19(4)22(18(2)3,16-20-12-8-6-9-13-20)17-21-14-10-7-11-15-21/h6-15,18-19H,5,16-17H2,1-4H3. The second kappa shape index (κ2) is 7.63. The lowest BCUT2D eigenvalue weighted by molar-refractivity contribution is 0.0958. The van der Waals surface area contributed by atoms with E-state index in [0.717, 1.165) is 12.8 Å². The molecule has 1 atom stereocenters. The lowest BCUT2D eigenvalue weighted by atomic mass is 9.61. The lowest BCUT2D eigenvalue weighted by Gasteiger charge is -2.43. The molecule has 0 aliphatic carbocycles. The van der Waals surface area contributed by atoms with Crippen molar-refractivity contribution >= 4 is 0 Å². The molecule has 22 heavy (non-hydrogen) atoms. The monoisotopic (exact) mass is 294 g/mol. The van der Waals surface area contributed by atoms with Crippen molar-refractivity contribution in [3.05, 3.63) is 71.8 Å². The normalized spacial score (nSPS) is 13.3. The van der Waals surface area contributed by atoms with Crippen LogP contribution in [-0.4, -0.2) is 0 Å². The Morgan fingerprint density at radius 3 is 1.45 bits per heavy atom. The Labute approximate surface area is 136 Å². The first-order chi connectivity index (χ1) is 10.6. The summed E-state index contributed by atoms with van der Waals surface area (Å²) in [6, 6.07) is 22.0. The first kappa shape index (κ1) is 16.8. The van der Waals surface area contributed by atoms with Crippen LogP contribution < -0.4 is 0 Å². The summed E-state index contributed by atoms with van der Waals surface area (Å²) in [5.41, 5.74) is 3.25. The van der Waals surface area contributed by atoms with Gasteiger partial charge < -0.3 is 0 Å². The highest BCUT2D eigenvalue weighted by Crippen LogP contribution is 2.43. The molecule has 0 amide bonds. The van der Waals surface area contributed by atoms with Crippen LogP contribution in [0.3, 0.4) is 0 Å². The molecule has 0 aliphatic rings. The van der Waals surface area contributed by atoms with E-state index >= 15 is 0 Å². The van der Waals surface area contributed by atoms with Crippen molar-refractivity contribution in [1.29, 1.82) is 0 Å². The zero-order valence-corrected chi connectivity index (χ0v) is 14.5. The zero-order valence-electron chi connectivity index (χ0n) is 14.5. The van der Waals surface area contributed by atoms with Gasteiger partial charge in [0.05, 0.1) is 0 Å². The van der Waals surface area contributed by atoms with Gasteiger partial charge in [-0.05, 0) is 41.2 Å². The van der Waals surface area contributed by atoms with E-state index in [1.165, 1.54) is 17.5 Å². The average molecular weight is 294 g/mol. The number of rotatable bonds is 7. The smallest absolute Gasteiger partial charge is 0.0168 e.